The van der Waals surface area contributed by atoms with Crippen molar-refractivity contribution < 1.29 is 9.90 Å². The minimum atomic E-state index is -1.03. The van der Waals surface area contributed by atoms with Crippen molar-refractivity contribution in [2.45, 2.75) is 0 Å². The zero-order chi connectivity index (χ0) is 14.8. The number of aromatic carboxylic acids is 1. The maximum atomic E-state index is 11.1. The largest absolute Gasteiger partial charge is 0.478 e. The first-order valence-corrected chi connectivity index (χ1v) is 6.53. The highest BCUT2D eigenvalue weighted by Gasteiger charge is 2.12. The average molecular weight is 300 g/mol. The van der Waals surface area contributed by atoms with Gasteiger partial charge < -0.3 is 5.11 Å². The predicted octanol–water partition coefficient (Wildman–Crippen LogP) is 3.29. The fourth-order valence-electron chi connectivity index (χ4n) is 2.05. The number of para-hydroxylation sites is 1. The van der Waals surface area contributed by atoms with Crippen molar-refractivity contribution in [1.29, 1.82) is 0 Å². The maximum Gasteiger partial charge on any atom is 0.335 e. The lowest BCUT2D eigenvalue weighted by molar-refractivity contribution is 0.0697. The molecule has 0 bridgehead atoms. The first kappa shape index (κ1) is 13.3. The van der Waals surface area contributed by atoms with Crippen LogP contribution in [-0.2, 0) is 0 Å². The van der Waals surface area contributed by atoms with Gasteiger partial charge >= 0.3 is 5.97 Å². The van der Waals surface area contributed by atoms with Crippen LogP contribution in [0.5, 0.6) is 0 Å². The molecule has 104 valence electrons. The number of carboxylic acid groups (broad SMARTS) is 1. The van der Waals surface area contributed by atoms with Crippen LogP contribution in [0.3, 0.4) is 0 Å². The van der Waals surface area contributed by atoms with Gasteiger partial charge in [0.2, 0.25) is 0 Å². The van der Waals surface area contributed by atoms with Gasteiger partial charge in [-0.15, -0.1) is 5.10 Å². The van der Waals surface area contributed by atoms with Gasteiger partial charge in [-0.2, -0.15) is 0 Å². The molecule has 6 heteroatoms. The van der Waals surface area contributed by atoms with Gasteiger partial charge in [-0.1, -0.05) is 35.0 Å². The van der Waals surface area contributed by atoms with Crippen molar-refractivity contribution in [2.24, 2.45) is 0 Å². The summed E-state index contributed by atoms with van der Waals surface area (Å²) >= 11 is 6.00. The standard InChI is InChI=1S/C15H10ClN3O2/c16-12-7-10(6-11(8-12)15(20)21)14-9-17-18-19(14)13-4-2-1-3-5-13/h1-9H,(H,20,21). The molecule has 0 aliphatic carbocycles. The maximum absolute atomic E-state index is 11.1. The number of carboxylic acids is 1. The second-order valence-corrected chi connectivity index (χ2v) is 4.84. The van der Waals surface area contributed by atoms with Crippen molar-refractivity contribution in [1.82, 2.24) is 15.0 Å². The van der Waals surface area contributed by atoms with Crippen LogP contribution in [0.25, 0.3) is 16.9 Å². The summed E-state index contributed by atoms with van der Waals surface area (Å²) in [6.45, 7) is 0. The molecule has 0 unspecified atom stereocenters. The van der Waals surface area contributed by atoms with Crippen molar-refractivity contribution in [3.63, 3.8) is 0 Å². The highest BCUT2D eigenvalue weighted by atomic mass is 35.5. The fraction of sp³-hybridized carbons (Fsp3) is 0. The third kappa shape index (κ3) is 2.64. The molecule has 0 atom stereocenters. The topological polar surface area (TPSA) is 68.0 Å². The number of nitrogens with zero attached hydrogens (tertiary/aromatic N) is 3. The molecular weight excluding hydrogens is 290 g/mol. The summed E-state index contributed by atoms with van der Waals surface area (Å²) in [5.41, 5.74) is 2.28. The Balaban J connectivity index is 2.15. The summed E-state index contributed by atoms with van der Waals surface area (Å²) in [4.78, 5) is 11.1. The highest BCUT2D eigenvalue weighted by molar-refractivity contribution is 6.31. The monoisotopic (exact) mass is 299 g/mol. The van der Waals surface area contributed by atoms with Crippen LogP contribution >= 0.6 is 11.6 Å². The van der Waals surface area contributed by atoms with E-state index >= 15 is 0 Å². The second kappa shape index (κ2) is 5.38. The lowest BCUT2D eigenvalue weighted by Crippen LogP contribution is -2.01. The molecule has 5 nitrogen and oxygen atoms in total. The SMILES string of the molecule is O=C(O)c1cc(Cl)cc(-c2cnnn2-c2ccccc2)c1. The molecule has 1 aromatic heterocycles. The van der Waals surface area contributed by atoms with Crippen LogP contribution in [-0.4, -0.2) is 26.1 Å². The molecule has 0 amide bonds. The number of hydrogen-bond acceptors (Lipinski definition) is 3. The van der Waals surface area contributed by atoms with Gasteiger partial charge in [-0.05, 0) is 30.3 Å². The van der Waals surface area contributed by atoms with Crippen LogP contribution in [0.1, 0.15) is 10.4 Å². The number of halogens is 1. The molecule has 0 radical (unpaired) electrons. The van der Waals surface area contributed by atoms with Crippen LogP contribution in [0.4, 0.5) is 0 Å². The molecule has 3 aromatic rings. The number of carbonyl (C=O) groups is 1. The molecule has 21 heavy (non-hydrogen) atoms. The first-order chi connectivity index (χ1) is 10.1. The third-order valence-corrected chi connectivity index (χ3v) is 3.21. The Bertz CT molecular complexity index is 800. The third-order valence-electron chi connectivity index (χ3n) is 2.99. The van der Waals surface area contributed by atoms with Crippen LogP contribution in [0.15, 0.2) is 54.7 Å². The molecular formula is C15H10ClN3O2. The van der Waals surface area contributed by atoms with Crippen molar-refractivity contribution in [2.75, 3.05) is 0 Å². The van der Waals surface area contributed by atoms with E-state index in [1.165, 1.54) is 6.07 Å². The highest BCUT2D eigenvalue weighted by Crippen LogP contribution is 2.26. The zero-order valence-corrected chi connectivity index (χ0v) is 11.5. The van der Waals surface area contributed by atoms with E-state index in [0.717, 1.165) is 5.69 Å². The van der Waals surface area contributed by atoms with Gasteiger partial charge in [-0.3, -0.25) is 0 Å². The van der Waals surface area contributed by atoms with Gasteiger partial charge in [0.1, 0.15) is 0 Å². The summed E-state index contributed by atoms with van der Waals surface area (Å²) in [7, 11) is 0. The van der Waals surface area contributed by atoms with E-state index < -0.39 is 5.97 Å². The van der Waals surface area contributed by atoms with Crippen molar-refractivity contribution in [3.8, 4) is 16.9 Å². The van der Waals surface area contributed by atoms with E-state index in [0.29, 0.717) is 16.3 Å². The van der Waals surface area contributed by atoms with Gasteiger partial charge in [0, 0.05) is 10.6 Å². The number of aromatic nitrogens is 3. The Morgan fingerprint density at radius 2 is 1.90 bits per heavy atom. The number of rotatable bonds is 3. The van der Waals surface area contributed by atoms with E-state index in [4.69, 9.17) is 16.7 Å². The van der Waals surface area contributed by atoms with Crippen LogP contribution in [0.2, 0.25) is 5.02 Å². The molecule has 1 N–H and O–H groups in total. The van der Waals surface area contributed by atoms with Crippen LogP contribution < -0.4 is 0 Å². The lowest BCUT2D eigenvalue weighted by Gasteiger charge is -2.07. The summed E-state index contributed by atoms with van der Waals surface area (Å²) < 4.78 is 1.64. The fourth-order valence-corrected chi connectivity index (χ4v) is 2.29. The molecule has 0 fully saturated rings. The smallest absolute Gasteiger partial charge is 0.335 e. The molecule has 0 saturated heterocycles. The van der Waals surface area contributed by atoms with Gasteiger partial charge in [0.25, 0.3) is 0 Å². The predicted molar refractivity (Wildman–Crippen MR) is 78.8 cm³/mol. The molecule has 0 aliphatic rings. The summed E-state index contributed by atoms with van der Waals surface area (Å²) in [5, 5.41) is 17.4. The summed E-state index contributed by atoms with van der Waals surface area (Å²) in [6.07, 6.45) is 1.57. The Labute approximate surface area is 125 Å². The van der Waals surface area contributed by atoms with Gasteiger partial charge in [0.15, 0.2) is 0 Å². The molecule has 0 spiro atoms. The Hall–Kier alpha value is -2.66. The molecule has 0 saturated carbocycles. The normalized spacial score (nSPS) is 10.5. The molecule has 0 aliphatic heterocycles. The molecule has 1 heterocycles. The minimum absolute atomic E-state index is 0.123. The number of hydrogen-bond donors (Lipinski definition) is 1. The molecule has 3 rings (SSSR count). The van der Waals surface area contributed by atoms with Gasteiger partial charge in [0.05, 0.1) is 23.1 Å². The number of benzene rings is 2. The Morgan fingerprint density at radius 3 is 2.62 bits per heavy atom. The van der Waals surface area contributed by atoms with E-state index in [9.17, 15) is 4.79 Å². The summed E-state index contributed by atoms with van der Waals surface area (Å²) in [5.74, 6) is -1.03. The summed E-state index contributed by atoms with van der Waals surface area (Å²) in [6, 6.07) is 14.1. The van der Waals surface area contributed by atoms with E-state index in [-0.39, 0.29) is 5.56 Å². The Morgan fingerprint density at radius 1 is 1.14 bits per heavy atom. The zero-order valence-electron chi connectivity index (χ0n) is 10.8. The van der Waals surface area contributed by atoms with Crippen molar-refractivity contribution >= 4 is 17.6 Å². The lowest BCUT2D eigenvalue weighted by atomic mass is 10.1. The quantitative estimate of drug-likeness (QED) is 0.806. The first-order valence-electron chi connectivity index (χ1n) is 6.15. The second-order valence-electron chi connectivity index (χ2n) is 4.40. The average Bonchev–Trinajstić information content (AvgIpc) is 2.97. The van der Waals surface area contributed by atoms with E-state index in [2.05, 4.69) is 10.3 Å². The van der Waals surface area contributed by atoms with Crippen molar-refractivity contribution in [3.05, 3.63) is 65.3 Å². The Kier molecular flexibility index (Phi) is 3.41. The van der Waals surface area contributed by atoms with E-state index in [1.807, 2.05) is 30.3 Å². The van der Waals surface area contributed by atoms with E-state index in [1.54, 1.807) is 23.0 Å². The van der Waals surface area contributed by atoms with Crippen LogP contribution in [0, 0.1) is 0 Å². The van der Waals surface area contributed by atoms with Gasteiger partial charge in [-0.25, -0.2) is 9.48 Å². The minimum Gasteiger partial charge on any atom is -0.478 e. The molecule has 2 aromatic carbocycles.